The molecule has 0 fully saturated rings. The van der Waals surface area contributed by atoms with Gasteiger partial charge in [-0.25, -0.2) is 8.42 Å². The molecule has 0 unspecified atom stereocenters. The summed E-state index contributed by atoms with van der Waals surface area (Å²) in [7, 11) is -2.63. The number of rotatable bonds is 5. The van der Waals surface area contributed by atoms with Crippen molar-refractivity contribution in [1.29, 1.82) is 0 Å². The van der Waals surface area contributed by atoms with E-state index in [0.29, 0.717) is 16.6 Å². The molecule has 1 aromatic heterocycles. The molecule has 7 heteroatoms. The number of hydrogen-bond acceptors (Lipinski definition) is 4. The van der Waals surface area contributed by atoms with Gasteiger partial charge in [-0.05, 0) is 23.8 Å². The summed E-state index contributed by atoms with van der Waals surface area (Å²) in [6.45, 7) is 0. The first-order valence-electron chi connectivity index (χ1n) is 7.17. The molecule has 2 aromatic carbocycles. The molecule has 3 rings (SSSR count). The average molecular weight is 342 g/mol. The maximum atomic E-state index is 11.2. The lowest BCUT2D eigenvalue weighted by atomic mass is 10.2. The van der Waals surface area contributed by atoms with E-state index in [1.807, 2.05) is 36.4 Å². The molecule has 0 saturated carbocycles. The lowest BCUT2D eigenvalue weighted by Crippen LogP contribution is -2.01. The largest absolute Gasteiger partial charge is 0.326 e. The zero-order chi connectivity index (χ0) is 17.1. The third-order valence-corrected chi connectivity index (χ3v) is 4.14. The van der Waals surface area contributed by atoms with Crippen molar-refractivity contribution in [3.8, 4) is 0 Å². The van der Waals surface area contributed by atoms with Crippen LogP contribution in [0.4, 0.5) is 5.69 Å². The van der Waals surface area contributed by atoms with Crippen LogP contribution in [0.1, 0.15) is 11.3 Å². The summed E-state index contributed by atoms with van der Waals surface area (Å²) in [4.78, 5) is 10.4. The minimum absolute atomic E-state index is 0.0234. The van der Waals surface area contributed by atoms with Gasteiger partial charge in [0.25, 0.3) is 5.69 Å². The maximum absolute atomic E-state index is 11.2. The van der Waals surface area contributed by atoms with Crippen molar-refractivity contribution in [1.82, 2.24) is 4.57 Å². The molecule has 1 heterocycles. The molecule has 0 radical (unpaired) electrons. The molecule has 0 aliphatic carbocycles. The summed E-state index contributed by atoms with van der Waals surface area (Å²) in [5, 5.41) is 11.5. The molecule has 0 N–H and O–H groups in total. The van der Waals surface area contributed by atoms with Gasteiger partial charge >= 0.3 is 0 Å². The molecule has 0 saturated heterocycles. The Morgan fingerprint density at radius 3 is 2.46 bits per heavy atom. The van der Waals surface area contributed by atoms with Gasteiger partial charge in [-0.3, -0.25) is 10.1 Å². The fourth-order valence-electron chi connectivity index (χ4n) is 2.55. The highest BCUT2D eigenvalue weighted by atomic mass is 32.2. The number of non-ortho nitro benzene ring substituents is 1. The summed E-state index contributed by atoms with van der Waals surface area (Å²) < 4.78 is 24.0. The Labute approximate surface area is 139 Å². The second-order valence-electron chi connectivity index (χ2n) is 5.22. The van der Waals surface area contributed by atoms with Crippen molar-refractivity contribution in [2.75, 3.05) is 0 Å². The van der Waals surface area contributed by atoms with E-state index < -0.39 is 15.6 Å². The van der Waals surface area contributed by atoms with Crippen molar-refractivity contribution < 1.29 is 13.3 Å². The van der Waals surface area contributed by atoms with Crippen LogP contribution >= 0.6 is 0 Å². The standard InChI is InChI=1S/C17H14N2O4S/c20-19(21)16-8-9-17-14(11-16)10-15(18(17)12-24(22)23)7-6-13-4-2-1-3-5-13/h1-11,24H,12H2. The van der Waals surface area contributed by atoms with Gasteiger partial charge in [0, 0.05) is 28.7 Å². The van der Waals surface area contributed by atoms with Crippen LogP contribution < -0.4 is 0 Å². The smallest absolute Gasteiger partial charge is 0.270 e. The number of nitro benzene ring substituents is 1. The van der Waals surface area contributed by atoms with Crippen molar-refractivity contribution in [3.05, 3.63) is 76.0 Å². The third kappa shape index (κ3) is 3.36. The summed E-state index contributed by atoms with van der Waals surface area (Å²) in [6.07, 6.45) is 3.68. The molecular formula is C17H14N2O4S. The normalized spacial score (nSPS) is 11.5. The number of hydrogen-bond donors (Lipinski definition) is 1. The van der Waals surface area contributed by atoms with E-state index in [1.165, 1.54) is 12.1 Å². The molecule has 6 nitrogen and oxygen atoms in total. The van der Waals surface area contributed by atoms with Gasteiger partial charge in [0.15, 0.2) is 10.7 Å². The first-order chi connectivity index (χ1) is 11.5. The first-order valence-corrected chi connectivity index (χ1v) is 8.53. The summed E-state index contributed by atoms with van der Waals surface area (Å²) in [5.74, 6) is -0.175. The van der Waals surface area contributed by atoms with Crippen LogP contribution in [0.3, 0.4) is 0 Å². The van der Waals surface area contributed by atoms with E-state index in [2.05, 4.69) is 0 Å². The van der Waals surface area contributed by atoms with E-state index >= 15 is 0 Å². The molecule has 0 aliphatic heterocycles. The second-order valence-corrected chi connectivity index (χ2v) is 6.16. The van der Waals surface area contributed by atoms with Gasteiger partial charge in [0.2, 0.25) is 0 Å². The van der Waals surface area contributed by atoms with Crippen molar-refractivity contribution in [3.63, 3.8) is 0 Å². The molecule has 3 aromatic rings. The number of aromatic nitrogens is 1. The first kappa shape index (κ1) is 15.9. The molecule has 0 aliphatic rings. The molecule has 0 amide bonds. The minimum Gasteiger partial charge on any atom is -0.326 e. The van der Waals surface area contributed by atoms with Crippen LogP contribution in [0.15, 0.2) is 54.6 Å². The highest BCUT2D eigenvalue weighted by molar-refractivity contribution is 7.71. The number of fused-ring (bicyclic) bond motifs is 1. The second kappa shape index (κ2) is 6.67. The van der Waals surface area contributed by atoms with Crippen LogP contribution in [-0.4, -0.2) is 17.9 Å². The molecule has 24 heavy (non-hydrogen) atoms. The Kier molecular flexibility index (Phi) is 4.43. The SMILES string of the molecule is O=[N+]([O-])c1ccc2c(c1)cc(C=Cc1ccccc1)n2C[SH](=O)=O. The van der Waals surface area contributed by atoms with Gasteiger partial charge in [-0.15, -0.1) is 0 Å². The molecule has 0 bridgehead atoms. The fourth-order valence-corrected chi connectivity index (χ4v) is 3.10. The Hall–Kier alpha value is -2.93. The Morgan fingerprint density at radius 2 is 1.79 bits per heavy atom. The summed E-state index contributed by atoms with van der Waals surface area (Å²) in [5.41, 5.74) is 2.28. The zero-order valence-corrected chi connectivity index (χ0v) is 13.4. The predicted octanol–water partition coefficient (Wildman–Crippen LogP) is 3.29. The van der Waals surface area contributed by atoms with E-state index in [4.69, 9.17) is 0 Å². The quantitative estimate of drug-likeness (QED) is 0.438. The Morgan fingerprint density at radius 1 is 1.04 bits per heavy atom. The summed E-state index contributed by atoms with van der Waals surface area (Å²) >= 11 is 0. The van der Waals surface area contributed by atoms with Crippen molar-refractivity contribution >= 4 is 39.4 Å². The van der Waals surface area contributed by atoms with Gasteiger partial charge in [0.05, 0.1) is 4.92 Å². The van der Waals surface area contributed by atoms with E-state index in [0.717, 1.165) is 5.56 Å². The Bertz CT molecular complexity index is 996. The number of nitro groups is 1. The van der Waals surface area contributed by atoms with Crippen LogP contribution in [0.2, 0.25) is 0 Å². The maximum Gasteiger partial charge on any atom is 0.270 e. The van der Waals surface area contributed by atoms with Crippen molar-refractivity contribution in [2.24, 2.45) is 0 Å². The minimum atomic E-state index is -2.63. The molecule has 122 valence electrons. The van der Waals surface area contributed by atoms with Gasteiger partial charge in [-0.2, -0.15) is 0 Å². The monoisotopic (exact) mass is 342 g/mol. The van der Waals surface area contributed by atoms with Gasteiger partial charge in [-0.1, -0.05) is 36.4 Å². The zero-order valence-electron chi connectivity index (χ0n) is 12.5. The highest BCUT2D eigenvalue weighted by Crippen LogP contribution is 2.26. The third-order valence-electron chi connectivity index (χ3n) is 3.63. The molecule has 0 spiro atoms. The summed E-state index contributed by atoms with van der Waals surface area (Å²) in [6, 6.07) is 15.7. The lowest BCUT2D eigenvalue weighted by Gasteiger charge is -2.03. The van der Waals surface area contributed by atoms with Crippen LogP contribution in [0.25, 0.3) is 23.1 Å². The number of nitrogens with zero attached hydrogens (tertiary/aromatic N) is 2. The Balaban J connectivity index is 2.10. The van der Waals surface area contributed by atoms with Crippen LogP contribution in [-0.2, 0) is 16.6 Å². The van der Waals surface area contributed by atoms with E-state index in [9.17, 15) is 18.5 Å². The van der Waals surface area contributed by atoms with Crippen LogP contribution in [0, 0.1) is 10.1 Å². The highest BCUT2D eigenvalue weighted by Gasteiger charge is 2.12. The van der Waals surface area contributed by atoms with Crippen LogP contribution in [0.5, 0.6) is 0 Å². The number of benzene rings is 2. The van der Waals surface area contributed by atoms with Crippen molar-refractivity contribution in [2.45, 2.75) is 5.88 Å². The molecular weight excluding hydrogens is 328 g/mol. The average Bonchev–Trinajstić information content (AvgIpc) is 2.90. The van der Waals surface area contributed by atoms with E-state index in [1.54, 1.807) is 22.8 Å². The van der Waals surface area contributed by atoms with Gasteiger partial charge < -0.3 is 4.57 Å². The fraction of sp³-hybridized carbons (Fsp3) is 0.0588. The molecule has 0 atom stereocenters. The van der Waals surface area contributed by atoms with Gasteiger partial charge in [0.1, 0.15) is 5.88 Å². The topological polar surface area (TPSA) is 82.2 Å². The number of thiol groups is 1. The predicted molar refractivity (Wildman–Crippen MR) is 94.3 cm³/mol. The lowest BCUT2D eigenvalue weighted by molar-refractivity contribution is -0.384. The van der Waals surface area contributed by atoms with E-state index in [-0.39, 0.29) is 11.6 Å².